The Hall–Kier alpha value is -2.54. The van der Waals surface area contributed by atoms with Gasteiger partial charge in [-0.2, -0.15) is 0 Å². The first-order valence-corrected chi connectivity index (χ1v) is 7.75. The van der Waals surface area contributed by atoms with Crippen molar-refractivity contribution in [1.29, 1.82) is 0 Å². The van der Waals surface area contributed by atoms with E-state index < -0.39 is 0 Å². The summed E-state index contributed by atoms with van der Waals surface area (Å²) < 4.78 is 5.62. The fourth-order valence-corrected chi connectivity index (χ4v) is 2.45. The van der Waals surface area contributed by atoms with Crippen molar-refractivity contribution in [3.63, 3.8) is 0 Å². The fourth-order valence-electron chi connectivity index (χ4n) is 2.45. The summed E-state index contributed by atoms with van der Waals surface area (Å²) in [5, 5.41) is 0. The van der Waals surface area contributed by atoms with Crippen molar-refractivity contribution in [1.82, 2.24) is 0 Å². The van der Waals surface area contributed by atoms with Gasteiger partial charge in [-0.15, -0.1) is 0 Å². The standard InChI is InChI=1S/C21H20O/c1-2-16-22-21-14-12-20(13-15-21)19-10-8-18(9-11-19)17-6-4-3-5-7-17/h3-15H,2,16H2,1H3. The van der Waals surface area contributed by atoms with E-state index in [1.165, 1.54) is 22.3 Å². The Labute approximate surface area is 132 Å². The summed E-state index contributed by atoms with van der Waals surface area (Å²) in [6, 6.07) is 27.4. The molecule has 1 nitrogen and oxygen atoms in total. The van der Waals surface area contributed by atoms with Gasteiger partial charge in [0, 0.05) is 0 Å². The van der Waals surface area contributed by atoms with Crippen LogP contribution in [0.3, 0.4) is 0 Å². The molecular formula is C21H20O. The molecule has 0 bridgehead atoms. The zero-order valence-electron chi connectivity index (χ0n) is 12.8. The Morgan fingerprint density at radius 2 is 1.05 bits per heavy atom. The molecule has 110 valence electrons. The lowest BCUT2D eigenvalue weighted by molar-refractivity contribution is 0.317. The molecule has 3 rings (SSSR count). The minimum absolute atomic E-state index is 0.769. The molecule has 3 aromatic rings. The van der Waals surface area contributed by atoms with Gasteiger partial charge in [-0.3, -0.25) is 0 Å². The zero-order chi connectivity index (χ0) is 15.2. The van der Waals surface area contributed by atoms with Gasteiger partial charge in [0.15, 0.2) is 0 Å². The van der Waals surface area contributed by atoms with Crippen LogP contribution in [0, 0.1) is 0 Å². The molecule has 0 aliphatic heterocycles. The van der Waals surface area contributed by atoms with Crippen LogP contribution in [0.5, 0.6) is 5.75 Å². The van der Waals surface area contributed by atoms with E-state index in [4.69, 9.17) is 4.74 Å². The lowest BCUT2D eigenvalue weighted by Gasteiger charge is -2.07. The number of rotatable bonds is 5. The zero-order valence-corrected chi connectivity index (χ0v) is 12.8. The summed E-state index contributed by atoms with van der Waals surface area (Å²) in [5.74, 6) is 0.937. The van der Waals surface area contributed by atoms with Crippen LogP contribution in [-0.2, 0) is 0 Å². The largest absolute Gasteiger partial charge is 0.494 e. The molecule has 0 unspecified atom stereocenters. The maximum Gasteiger partial charge on any atom is 0.119 e. The molecule has 0 atom stereocenters. The van der Waals surface area contributed by atoms with Crippen LogP contribution in [0.1, 0.15) is 13.3 Å². The summed E-state index contributed by atoms with van der Waals surface area (Å²) in [6.45, 7) is 2.88. The monoisotopic (exact) mass is 288 g/mol. The Bertz CT molecular complexity index is 697. The van der Waals surface area contributed by atoms with Crippen LogP contribution in [0.2, 0.25) is 0 Å². The van der Waals surface area contributed by atoms with E-state index in [0.717, 1.165) is 18.8 Å². The van der Waals surface area contributed by atoms with E-state index in [1.807, 2.05) is 18.2 Å². The summed E-state index contributed by atoms with van der Waals surface area (Å²) >= 11 is 0. The molecule has 0 fully saturated rings. The molecule has 0 aromatic heterocycles. The average molecular weight is 288 g/mol. The van der Waals surface area contributed by atoms with Gasteiger partial charge < -0.3 is 4.74 Å². The Morgan fingerprint density at radius 3 is 1.55 bits per heavy atom. The number of ether oxygens (including phenoxy) is 1. The van der Waals surface area contributed by atoms with E-state index in [9.17, 15) is 0 Å². The number of benzene rings is 3. The first kappa shape index (κ1) is 14.4. The van der Waals surface area contributed by atoms with E-state index in [-0.39, 0.29) is 0 Å². The van der Waals surface area contributed by atoms with Crippen molar-refractivity contribution in [2.45, 2.75) is 13.3 Å². The van der Waals surface area contributed by atoms with Crippen molar-refractivity contribution in [3.05, 3.63) is 78.9 Å². The highest BCUT2D eigenvalue weighted by atomic mass is 16.5. The van der Waals surface area contributed by atoms with Gasteiger partial charge >= 0.3 is 0 Å². The highest BCUT2D eigenvalue weighted by molar-refractivity contribution is 5.70. The predicted molar refractivity (Wildman–Crippen MR) is 93.1 cm³/mol. The number of hydrogen-bond donors (Lipinski definition) is 0. The molecule has 0 saturated carbocycles. The van der Waals surface area contributed by atoms with Crippen LogP contribution in [-0.4, -0.2) is 6.61 Å². The molecule has 0 N–H and O–H groups in total. The minimum Gasteiger partial charge on any atom is -0.494 e. The van der Waals surface area contributed by atoms with E-state index in [1.54, 1.807) is 0 Å². The SMILES string of the molecule is CCCOc1ccc(-c2ccc(-c3ccccc3)cc2)cc1. The van der Waals surface area contributed by atoms with Gasteiger partial charge in [0.05, 0.1) is 6.61 Å². The van der Waals surface area contributed by atoms with Crippen molar-refractivity contribution in [3.8, 4) is 28.0 Å². The quantitative estimate of drug-likeness (QED) is 0.575. The fraction of sp³-hybridized carbons (Fsp3) is 0.143. The summed E-state index contributed by atoms with van der Waals surface area (Å²) in [4.78, 5) is 0. The second-order valence-electron chi connectivity index (χ2n) is 5.32. The normalized spacial score (nSPS) is 10.4. The topological polar surface area (TPSA) is 9.23 Å². The first-order chi connectivity index (χ1) is 10.9. The molecule has 0 heterocycles. The van der Waals surface area contributed by atoms with Gasteiger partial charge in [0.2, 0.25) is 0 Å². The Kier molecular flexibility index (Phi) is 4.55. The van der Waals surface area contributed by atoms with Gasteiger partial charge in [-0.1, -0.05) is 73.7 Å². The Morgan fingerprint density at radius 1 is 0.591 bits per heavy atom. The maximum absolute atomic E-state index is 5.62. The lowest BCUT2D eigenvalue weighted by atomic mass is 10.0. The second-order valence-corrected chi connectivity index (χ2v) is 5.32. The Balaban J connectivity index is 1.78. The maximum atomic E-state index is 5.62. The van der Waals surface area contributed by atoms with Crippen molar-refractivity contribution >= 4 is 0 Å². The highest BCUT2D eigenvalue weighted by Gasteiger charge is 2.01. The third-order valence-electron chi connectivity index (χ3n) is 3.65. The van der Waals surface area contributed by atoms with E-state index >= 15 is 0 Å². The van der Waals surface area contributed by atoms with Gasteiger partial charge in [0.25, 0.3) is 0 Å². The molecule has 0 aliphatic carbocycles. The molecular weight excluding hydrogens is 268 g/mol. The van der Waals surface area contributed by atoms with Crippen LogP contribution < -0.4 is 4.74 Å². The number of hydrogen-bond acceptors (Lipinski definition) is 1. The lowest BCUT2D eigenvalue weighted by Crippen LogP contribution is -1.94. The highest BCUT2D eigenvalue weighted by Crippen LogP contribution is 2.26. The minimum atomic E-state index is 0.769. The van der Waals surface area contributed by atoms with Gasteiger partial charge in [-0.25, -0.2) is 0 Å². The van der Waals surface area contributed by atoms with Crippen molar-refractivity contribution in [2.75, 3.05) is 6.61 Å². The summed E-state index contributed by atoms with van der Waals surface area (Å²) in [6.07, 6.45) is 1.03. The van der Waals surface area contributed by atoms with Gasteiger partial charge in [-0.05, 0) is 40.8 Å². The smallest absolute Gasteiger partial charge is 0.119 e. The first-order valence-electron chi connectivity index (χ1n) is 7.75. The summed E-state index contributed by atoms with van der Waals surface area (Å²) in [5.41, 5.74) is 4.93. The van der Waals surface area contributed by atoms with Crippen LogP contribution in [0.25, 0.3) is 22.3 Å². The molecule has 3 aromatic carbocycles. The van der Waals surface area contributed by atoms with Crippen molar-refractivity contribution < 1.29 is 4.74 Å². The van der Waals surface area contributed by atoms with Crippen molar-refractivity contribution in [2.24, 2.45) is 0 Å². The third-order valence-corrected chi connectivity index (χ3v) is 3.65. The molecule has 0 spiro atoms. The average Bonchev–Trinajstić information content (AvgIpc) is 2.61. The van der Waals surface area contributed by atoms with E-state index in [0.29, 0.717) is 0 Å². The molecule has 0 radical (unpaired) electrons. The van der Waals surface area contributed by atoms with Crippen LogP contribution in [0.15, 0.2) is 78.9 Å². The molecule has 1 heteroatoms. The van der Waals surface area contributed by atoms with Crippen LogP contribution in [0.4, 0.5) is 0 Å². The molecule has 0 aliphatic rings. The van der Waals surface area contributed by atoms with Gasteiger partial charge in [0.1, 0.15) is 5.75 Å². The third kappa shape index (κ3) is 3.37. The molecule has 22 heavy (non-hydrogen) atoms. The predicted octanol–water partition coefficient (Wildman–Crippen LogP) is 5.81. The molecule has 0 amide bonds. The summed E-state index contributed by atoms with van der Waals surface area (Å²) in [7, 11) is 0. The molecule has 0 saturated heterocycles. The van der Waals surface area contributed by atoms with E-state index in [2.05, 4.69) is 67.6 Å². The van der Waals surface area contributed by atoms with Crippen LogP contribution >= 0.6 is 0 Å². The second kappa shape index (κ2) is 6.95.